The lowest BCUT2D eigenvalue weighted by Gasteiger charge is -2.09. The van der Waals surface area contributed by atoms with Crippen LogP contribution in [0.15, 0.2) is 42.1 Å². The summed E-state index contributed by atoms with van der Waals surface area (Å²) in [6, 6.07) is 8.43. The van der Waals surface area contributed by atoms with E-state index < -0.39 is 18.1 Å². The van der Waals surface area contributed by atoms with Gasteiger partial charge in [0.2, 0.25) is 0 Å². The van der Waals surface area contributed by atoms with Crippen LogP contribution < -0.4 is 5.32 Å². The lowest BCUT2D eigenvalue weighted by atomic mass is 10.3. The molecule has 1 aromatic rings. The Bertz CT molecular complexity index is 391. The molecule has 0 radical (unpaired) electrons. The highest BCUT2D eigenvalue weighted by Crippen LogP contribution is 2.14. The van der Waals surface area contributed by atoms with Crippen LogP contribution in [0.2, 0.25) is 0 Å². The van der Waals surface area contributed by atoms with E-state index in [1.807, 2.05) is 0 Å². The molecule has 0 unspecified atom stereocenters. The third kappa shape index (κ3) is 4.63. The van der Waals surface area contributed by atoms with Gasteiger partial charge in [-0.2, -0.15) is 0 Å². The Balaban J connectivity index is 2.77. The van der Waals surface area contributed by atoms with E-state index in [0.717, 1.165) is 6.08 Å². The molecule has 1 rings (SSSR count). The number of esters is 1. The molecule has 0 aromatic heterocycles. The van der Waals surface area contributed by atoms with Crippen LogP contribution in [-0.4, -0.2) is 19.0 Å². The number of carbonyl (C=O) groups excluding carboxylic acids is 1. The number of allylic oxidation sites excluding steroid dienone is 1. The van der Waals surface area contributed by atoms with E-state index in [1.54, 1.807) is 37.3 Å². The number of benzene rings is 1. The van der Waals surface area contributed by atoms with Gasteiger partial charge in [0.1, 0.15) is 0 Å². The van der Waals surface area contributed by atoms with E-state index in [4.69, 9.17) is 0 Å². The summed E-state index contributed by atoms with van der Waals surface area (Å²) in [5.41, 5.74) is 0.0120. The first-order chi connectivity index (χ1) is 8.13. The highest BCUT2D eigenvalue weighted by atomic mass is 19.3. The number of ether oxygens (including phenoxy) is 1. The van der Waals surface area contributed by atoms with Crippen LogP contribution in [0.5, 0.6) is 0 Å². The van der Waals surface area contributed by atoms with E-state index in [0.29, 0.717) is 5.69 Å². The van der Waals surface area contributed by atoms with Crippen molar-refractivity contribution < 1.29 is 18.3 Å². The highest BCUT2D eigenvalue weighted by molar-refractivity contribution is 5.83. The number of para-hydroxylation sites is 1. The molecule has 1 N–H and O–H groups in total. The molecule has 0 saturated heterocycles. The fourth-order valence-corrected chi connectivity index (χ4v) is 1.15. The molecule has 0 spiro atoms. The quantitative estimate of drug-likeness (QED) is 0.636. The minimum absolute atomic E-state index is 0.150. The Kier molecular flexibility index (Phi) is 5.13. The standard InChI is InChI=1S/C12H13F2NO2/c1-2-17-11(16)8-10(12(13)14)15-9-6-4-3-5-7-9/h3-8,12,15H,2H2,1H3. The molecule has 0 atom stereocenters. The van der Waals surface area contributed by atoms with Gasteiger partial charge in [0.25, 0.3) is 6.43 Å². The molecule has 0 amide bonds. The largest absolute Gasteiger partial charge is 0.463 e. The van der Waals surface area contributed by atoms with E-state index in [9.17, 15) is 13.6 Å². The molecular weight excluding hydrogens is 228 g/mol. The minimum Gasteiger partial charge on any atom is -0.463 e. The van der Waals surface area contributed by atoms with Crippen molar-refractivity contribution in [2.24, 2.45) is 0 Å². The van der Waals surface area contributed by atoms with Gasteiger partial charge < -0.3 is 10.1 Å². The lowest BCUT2D eigenvalue weighted by Crippen LogP contribution is -2.12. The van der Waals surface area contributed by atoms with Gasteiger partial charge in [-0.1, -0.05) is 18.2 Å². The van der Waals surface area contributed by atoms with Gasteiger partial charge >= 0.3 is 5.97 Å². The van der Waals surface area contributed by atoms with Crippen LogP contribution in [0.25, 0.3) is 0 Å². The van der Waals surface area contributed by atoms with Crippen LogP contribution in [0, 0.1) is 0 Å². The monoisotopic (exact) mass is 241 g/mol. The average Bonchev–Trinajstić information content (AvgIpc) is 2.29. The van der Waals surface area contributed by atoms with Crippen molar-refractivity contribution in [3.63, 3.8) is 0 Å². The average molecular weight is 241 g/mol. The molecule has 17 heavy (non-hydrogen) atoms. The molecule has 5 heteroatoms. The third-order valence-corrected chi connectivity index (χ3v) is 1.86. The van der Waals surface area contributed by atoms with Crippen molar-refractivity contribution in [1.82, 2.24) is 0 Å². The highest BCUT2D eigenvalue weighted by Gasteiger charge is 2.13. The van der Waals surface area contributed by atoms with Gasteiger partial charge in [-0.25, -0.2) is 13.6 Å². The maximum absolute atomic E-state index is 12.6. The zero-order valence-corrected chi connectivity index (χ0v) is 9.32. The maximum atomic E-state index is 12.6. The van der Waals surface area contributed by atoms with Gasteiger partial charge in [-0.3, -0.25) is 0 Å². The number of anilines is 1. The molecule has 0 heterocycles. The third-order valence-electron chi connectivity index (χ3n) is 1.86. The van der Waals surface area contributed by atoms with E-state index in [-0.39, 0.29) is 6.61 Å². The van der Waals surface area contributed by atoms with Crippen molar-refractivity contribution in [2.45, 2.75) is 13.3 Å². The molecule has 0 aliphatic rings. The van der Waals surface area contributed by atoms with Gasteiger partial charge in [0.15, 0.2) is 0 Å². The molecule has 0 saturated carbocycles. The van der Waals surface area contributed by atoms with Crippen LogP contribution in [0.4, 0.5) is 14.5 Å². The topological polar surface area (TPSA) is 38.3 Å². The van der Waals surface area contributed by atoms with Gasteiger partial charge in [0, 0.05) is 11.8 Å². The van der Waals surface area contributed by atoms with Crippen LogP contribution in [0.1, 0.15) is 6.92 Å². The van der Waals surface area contributed by atoms with Gasteiger partial charge in [-0.15, -0.1) is 0 Å². The Morgan fingerprint density at radius 1 is 1.41 bits per heavy atom. The van der Waals surface area contributed by atoms with Crippen LogP contribution >= 0.6 is 0 Å². The lowest BCUT2D eigenvalue weighted by molar-refractivity contribution is -0.137. The summed E-state index contributed by atoms with van der Waals surface area (Å²) in [5.74, 6) is -0.786. The molecule has 92 valence electrons. The fraction of sp³-hybridized carbons (Fsp3) is 0.250. The van der Waals surface area contributed by atoms with Crippen LogP contribution in [-0.2, 0) is 9.53 Å². The molecule has 3 nitrogen and oxygen atoms in total. The van der Waals surface area contributed by atoms with E-state index >= 15 is 0 Å². The number of alkyl halides is 2. The number of nitrogens with one attached hydrogen (secondary N) is 1. The number of carbonyl (C=O) groups is 1. The predicted octanol–water partition coefficient (Wildman–Crippen LogP) is 2.81. The van der Waals surface area contributed by atoms with E-state index in [2.05, 4.69) is 10.1 Å². The molecule has 0 bridgehead atoms. The Morgan fingerprint density at radius 3 is 2.59 bits per heavy atom. The Hall–Kier alpha value is -1.91. The number of halogens is 2. The molecular formula is C12H13F2NO2. The summed E-state index contributed by atoms with van der Waals surface area (Å²) in [4.78, 5) is 11.1. The van der Waals surface area contributed by atoms with Crippen molar-refractivity contribution in [2.75, 3.05) is 11.9 Å². The number of hydrogen-bond acceptors (Lipinski definition) is 3. The maximum Gasteiger partial charge on any atom is 0.332 e. The second kappa shape index (κ2) is 6.62. The van der Waals surface area contributed by atoms with E-state index in [1.165, 1.54) is 0 Å². The Morgan fingerprint density at radius 2 is 2.06 bits per heavy atom. The van der Waals surface area contributed by atoms with Crippen LogP contribution in [0.3, 0.4) is 0 Å². The molecule has 0 aliphatic carbocycles. The van der Waals surface area contributed by atoms with Gasteiger partial charge in [0.05, 0.1) is 12.3 Å². The second-order valence-corrected chi connectivity index (χ2v) is 3.14. The summed E-state index contributed by atoms with van der Waals surface area (Å²) in [6.07, 6.45) is -2.00. The zero-order chi connectivity index (χ0) is 12.7. The first kappa shape index (κ1) is 13.2. The summed E-state index contributed by atoms with van der Waals surface area (Å²) in [7, 11) is 0. The fourth-order valence-electron chi connectivity index (χ4n) is 1.15. The summed E-state index contributed by atoms with van der Waals surface area (Å²) in [6.45, 7) is 1.76. The van der Waals surface area contributed by atoms with Gasteiger partial charge in [-0.05, 0) is 19.1 Å². The Labute approximate surface area is 98.1 Å². The summed E-state index contributed by atoms with van der Waals surface area (Å²) >= 11 is 0. The zero-order valence-electron chi connectivity index (χ0n) is 9.32. The number of rotatable bonds is 5. The molecule has 0 fully saturated rings. The number of hydrogen-bond donors (Lipinski definition) is 1. The smallest absolute Gasteiger partial charge is 0.332 e. The van der Waals surface area contributed by atoms with Crippen molar-refractivity contribution >= 4 is 11.7 Å². The van der Waals surface area contributed by atoms with Crippen molar-refractivity contribution in [1.29, 1.82) is 0 Å². The summed E-state index contributed by atoms with van der Waals surface area (Å²) in [5, 5.41) is 2.48. The SMILES string of the molecule is CCOC(=O)C=C(Nc1ccccc1)C(F)F. The van der Waals surface area contributed by atoms with Crippen molar-refractivity contribution in [3.8, 4) is 0 Å². The predicted molar refractivity (Wildman–Crippen MR) is 60.8 cm³/mol. The molecule has 0 aliphatic heterocycles. The first-order valence-corrected chi connectivity index (χ1v) is 5.12. The van der Waals surface area contributed by atoms with Crippen molar-refractivity contribution in [3.05, 3.63) is 42.1 Å². The normalized spacial score (nSPS) is 11.4. The molecule has 1 aromatic carbocycles. The second-order valence-electron chi connectivity index (χ2n) is 3.14. The first-order valence-electron chi connectivity index (χ1n) is 5.12. The minimum atomic E-state index is -2.76. The summed E-state index contributed by atoms with van der Waals surface area (Å²) < 4.78 is 29.9.